The number of halogens is 2. The summed E-state index contributed by atoms with van der Waals surface area (Å²) >= 11 is 5.74. The zero-order chi connectivity index (χ0) is 15.2. The van der Waals surface area contributed by atoms with Crippen LogP contribution in [0.1, 0.15) is 25.0 Å². The fourth-order valence-electron chi connectivity index (χ4n) is 1.82. The normalized spacial score (nSPS) is 10.9. The van der Waals surface area contributed by atoms with E-state index >= 15 is 0 Å². The van der Waals surface area contributed by atoms with Crippen LogP contribution in [-0.4, -0.2) is 6.04 Å². The maximum absolute atomic E-state index is 13.1. The summed E-state index contributed by atoms with van der Waals surface area (Å²) < 4.78 is 18.7. The number of hydrogen-bond donors (Lipinski definition) is 1. The van der Waals surface area contributed by atoms with Gasteiger partial charge >= 0.3 is 0 Å². The summed E-state index contributed by atoms with van der Waals surface area (Å²) in [7, 11) is 0. The van der Waals surface area contributed by atoms with Gasteiger partial charge in [-0.15, -0.1) is 0 Å². The van der Waals surface area contributed by atoms with Crippen LogP contribution in [0.2, 0.25) is 5.02 Å². The van der Waals surface area contributed by atoms with Crippen molar-refractivity contribution >= 4 is 11.6 Å². The van der Waals surface area contributed by atoms with Gasteiger partial charge in [0.1, 0.15) is 18.2 Å². The van der Waals surface area contributed by atoms with Gasteiger partial charge < -0.3 is 10.1 Å². The van der Waals surface area contributed by atoms with Crippen LogP contribution in [0.4, 0.5) is 4.39 Å². The molecule has 1 N–H and O–H groups in total. The standard InChI is InChI=1S/C17H19ClFNO/c1-12(2)20-10-13-3-6-15(7-4-13)21-11-14-5-8-17(19)16(18)9-14/h3-9,12,20H,10-11H2,1-2H3. The van der Waals surface area contributed by atoms with Gasteiger partial charge in [0.15, 0.2) is 0 Å². The van der Waals surface area contributed by atoms with E-state index in [1.165, 1.54) is 11.6 Å². The first kappa shape index (κ1) is 15.8. The van der Waals surface area contributed by atoms with Gasteiger partial charge in [0, 0.05) is 12.6 Å². The molecule has 0 aliphatic heterocycles. The molecule has 2 nitrogen and oxygen atoms in total. The molecule has 4 heteroatoms. The van der Waals surface area contributed by atoms with Crippen molar-refractivity contribution in [3.8, 4) is 5.75 Å². The van der Waals surface area contributed by atoms with Gasteiger partial charge in [-0.25, -0.2) is 4.39 Å². The number of benzene rings is 2. The Morgan fingerprint density at radius 3 is 2.38 bits per heavy atom. The summed E-state index contributed by atoms with van der Waals surface area (Å²) in [6.07, 6.45) is 0. The molecular weight excluding hydrogens is 289 g/mol. The van der Waals surface area contributed by atoms with Crippen molar-refractivity contribution < 1.29 is 9.13 Å². The van der Waals surface area contributed by atoms with Crippen LogP contribution >= 0.6 is 11.6 Å². The van der Waals surface area contributed by atoms with Crippen LogP contribution in [0, 0.1) is 5.82 Å². The highest BCUT2D eigenvalue weighted by Crippen LogP contribution is 2.18. The Morgan fingerprint density at radius 1 is 1.10 bits per heavy atom. The molecule has 0 aromatic heterocycles. The van der Waals surface area contributed by atoms with E-state index in [2.05, 4.69) is 19.2 Å². The quantitative estimate of drug-likeness (QED) is 0.845. The molecule has 0 saturated heterocycles. The fraction of sp³-hybridized carbons (Fsp3) is 0.294. The Kier molecular flexibility index (Phi) is 5.59. The number of rotatable bonds is 6. The minimum absolute atomic E-state index is 0.117. The van der Waals surface area contributed by atoms with E-state index in [1.54, 1.807) is 12.1 Å². The van der Waals surface area contributed by atoms with Gasteiger partial charge in [-0.2, -0.15) is 0 Å². The minimum Gasteiger partial charge on any atom is -0.489 e. The molecule has 0 spiro atoms. The largest absolute Gasteiger partial charge is 0.489 e. The summed E-state index contributed by atoms with van der Waals surface area (Å²) in [5.74, 6) is 0.367. The predicted molar refractivity (Wildman–Crippen MR) is 84.2 cm³/mol. The molecule has 0 amide bonds. The van der Waals surface area contributed by atoms with E-state index < -0.39 is 5.82 Å². The molecule has 0 heterocycles. The van der Waals surface area contributed by atoms with Crippen molar-refractivity contribution in [3.63, 3.8) is 0 Å². The van der Waals surface area contributed by atoms with Gasteiger partial charge in [-0.1, -0.05) is 43.6 Å². The second-order valence-electron chi connectivity index (χ2n) is 5.22. The van der Waals surface area contributed by atoms with Crippen molar-refractivity contribution in [3.05, 3.63) is 64.4 Å². The average Bonchev–Trinajstić information content (AvgIpc) is 2.47. The topological polar surface area (TPSA) is 21.3 Å². The third kappa shape index (κ3) is 5.03. The van der Waals surface area contributed by atoms with Gasteiger partial charge in [0.25, 0.3) is 0 Å². The van der Waals surface area contributed by atoms with Gasteiger partial charge in [-0.3, -0.25) is 0 Å². The lowest BCUT2D eigenvalue weighted by Gasteiger charge is -2.10. The van der Waals surface area contributed by atoms with Crippen LogP contribution in [0.5, 0.6) is 5.75 Å². The van der Waals surface area contributed by atoms with E-state index in [4.69, 9.17) is 16.3 Å². The number of hydrogen-bond acceptors (Lipinski definition) is 2. The Bertz CT molecular complexity index is 584. The van der Waals surface area contributed by atoms with Crippen LogP contribution in [0.3, 0.4) is 0 Å². The van der Waals surface area contributed by atoms with Crippen molar-refractivity contribution in [2.45, 2.75) is 33.0 Å². The predicted octanol–water partition coefficient (Wildman–Crippen LogP) is 4.56. The smallest absolute Gasteiger partial charge is 0.141 e. The maximum atomic E-state index is 13.1. The molecule has 0 atom stereocenters. The summed E-state index contributed by atoms with van der Waals surface area (Å²) in [6.45, 7) is 5.44. The second kappa shape index (κ2) is 7.43. The van der Waals surface area contributed by atoms with E-state index in [9.17, 15) is 4.39 Å². The molecule has 2 aromatic carbocycles. The first-order chi connectivity index (χ1) is 10.0. The molecule has 0 unspecified atom stereocenters. The Labute approximate surface area is 129 Å². The lowest BCUT2D eigenvalue weighted by molar-refractivity contribution is 0.306. The number of ether oxygens (including phenoxy) is 1. The van der Waals surface area contributed by atoms with Crippen molar-refractivity contribution in [1.82, 2.24) is 5.32 Å². The first-order valence-corrected chi connectivity index (χ1v) is 7.31. The molecule has 0 aliphatic carbocycles. The van der Waals surface area contributed by atoms with Crippen LogP contribution in [0.25, 0.3) is 0 Å². The SMILES string of the molecule is CC(C)NCc1ccc(OCc2ccc(F)c(Cl)c2)cc1. The van der Waals surface area contributed by atoms with E-state index in [1.807, 2.05) is 24.3 Å². The molecule has 21 heavy (non-hydrogen) atoms. The molecule has 2 rings (SSSR count). The second-order valence-corrected chi connectivity index (χ2v) is 5.62. The van der Waals surface area contributed by atoms with E-state index in [0.717, 1.165) is 17.9 Å². The molecular formula is C17H19ClFNO. The molecule has 0 aliphatic rings. The third-order valence-corrected chi connectivity index (χ3v) is 3.32. The molecule has 0 saturated carbocycles. The lowest BCUT2D eigenvalue weighted by atomic mass is 10.2. The molecule has 0 fully saturated rings. The van der Waals surface area contributed by atoms with E-state index in [-0.39, 0.29) is 5.02 Å². The summed E-state index contributed by atoms with van der Waals surface area (Å²) in [6, 6.07) is 13.0. The maximum Gasteiger partial charge on any atom is 0.141 e. The Hall–Kier alpha value is -1.58. The summed E-state index contributed by atoms with van der Waals surface area (Å²) in [5, 5.41) is 3.48. The zero-order valence-corrected chi connectivity index (χ0v) is 13.0. The van der Waals surface area contributed by atoms with Crippen LogP contribution in [-0.2, 0) is 13.2 Å². The van der Waals surface area contributed by atoms with E-state index in [0.29, 0.717) is 12.6 Å². The van der Waals surface area contributed by atoms with Gasteiger partial charge in [0.2, 0.25) is 0 Å². The third-order valence-electron chi connectivity index (χ3n) is 3.03. The highest BCUT2D eigenvalue weighted by Gasteiger charge is 2.02. The van der Waals surface area contributed by atoms with Crippen LogP contribution in [0.15, 0.2) is 42.5 Å². The van der Waals surface area contributed by atoms with Crippen LogP contribution < -0.4 is 10.1 Å². The monoisotopic (exact) mass is 307 g/mol. The lowest BCUT2D eigenvalue weighted by Crippen LogP contribution is -2.21. The minimum atomic E-state index is -0.414. The Morgan fingerprint density at radius 2 is 1.76 bits per heavy atom. The van der Waals surface area contributed by atoms with Gasteiger partial charge in [-0.05, 0) is 35.4 Å². The molecule has 112 valence electrons. The average molecular weight is 308 g/mol. The Balaban J connectivity index is 1.89. The first-order valence-electron chi connectivity index (χ1n) is 6.93. The zero-order valence-electron chi connectivity index (χ0n) is 12.2. The van der Waals surface area contributed by atoms with Gasteiger partial charge in [0.05, 0.1) is 5.02 Å². The van der Waals surface area contributed by atoms with Crippen molar-refractivity contribution in [2.24, 2.45) is 0 Å². The highest BCUT2D eigenvalue weighted by atomic mass is 35.5. The summed E-state index contributed by atoms with van der Waals surface area (Å²) in [4.78, 5) is 0. The molecule has 2 aromatic rings. The fourth-order valence-corrected chi connectivity index (χ4v) is 2.02. The molecule has 0 radical (unpaired) electrons. The van der Waals surface area contributed by atoms with Crippen molar-refractivity contribution in [1.29, 1.82) is 0 Å². The number of nitrogens with one attached hydrogen (secondary N) is 1. The van der Waals surface area contributed by atoms with Crippen molar-refractivity contribution in [2.75, 3.05) is 0 Å². The summed E-state index contributed by atoms with van der Waals surface area (Å²) in [5.41, 5.74) is 2.05. The highest BCUT2D eigenvalue weighted by molar-refractivity contribution is 6.30. The molecule has 0 bridgehead atoms.